The lowest BCUT2D eigenvalue weighted by Gasteiger charge is -2.22. The Morgan fingerprint density at radius 3 is 3.14 bits per heavy atom. The van der Waals surface area contributed by atoms with Gasteiger partial charge in [0.25, 0.3) is 5.91 Å². The predicted molar refractivity (Wildman–Crippen MR) is 77.1 cm³/mol. The zero-order valence-electron chi connectivity index (χ0n) is 12.4. The zero-order valence-corrected chi connectivity index (χ0v) is 12.4. The van der Waals surface area contributed by atoms with E-state index in [9.17, 15) is 4.79 Å². The number of aromatic nitrogens is 3. The molecule has 0 unspecified atom stereocenters. The average molecular weight is 293 g/mol. The first-order chi connectivity index (χ1) is 10.2. The summed E-state index contributed by atoms with van der Waals surface area (Å²) in [4.78, 5) is 16.3. The lowest BCUT2D eigenvalue weighted by molar-refractivity contribution is 0.0706. The van der Waals surface area contributed by atoms with Crippen molar-refractivity contribution in [2.45, 2.75) is 50.8 Å². The van der Waals surface area contributed by atoms with Gasteiger partial charge in [0.15, 0.2) is 0 Å². The fourth-order valence-electron chi connectivity index (χ4n) is 2.98. The van der Waals surface area contributed by atoms with Crippen molar-refractivity contribution < 1.29 is 9.53 Å². The van der Waals surface area contributed by atoms with Crippen molar-refractivity contribution in [2.75, 3.05) is 19.7 Å². The van der Waals surface area contributed by atoms with Crippen LogP contribution in [-0.4, -0.2) is 52.5 Å². The number of hydrogen-bond acceptors (Lipinski definition) is 5. The summed E-state index contributed by atoms with van der Waals surface area (Å²) >= 11 is 0. The third-order valence-corrected chi connectivity index (χ3v) is 4.24. The van der Waals surface area contributed by atoms with E-state index in [0.717, 1.165) is 45.4 Å². The van der Waals surface area contributed by atoms with Crippen LogP contribution in [0.5, 0.6) is 0 Å². The number of hydrogen-bond donors (Lipinski definition) is 2. The van der Waals surface area contributed by atoms with Crippen molar-refractivity contribution in [3.8, 4) is 0 Å². The molecule has 2 aliphatic heterocycles. The molecule has 3 rings (SSSR count). The number of rotatable bonds is 4. The number of carbonyl (C=O) groups is 1. The minimum absolute atomic E-state index is 0.0108. The molecule has 2 fully saturated rings. The first-order valence-electron chi connectivity index (χ1n) is 7.78. The summed E-state index contributed by atoms with van der Waals surface area (Å²) in [5.74, 6) is 0.0194. The predicted octanol–water partition coefficient (Wildman–Crippen LogP) is 0.500. The van der Waals surface area contributed by atoms with E-state index in [1.165, 1.54) is 0 Å². The first kappa shape index (κ1) is 14.5. The number of piperidine rings is 1. The van der Waals surface area contributed by atoms with E-state index < -0.39 is 0 Å². The maximum atomic E-state index is 12.2. The van der Waals surface area contributed by atoms with Gasteiger partial charge in [-0.2, -0.15) is 0 Å². The number of carbonyl (C=O) groups excluding carboxylic acids is 1. The maximum absolute atomic E-state index is 12.2. The van der Waals surface area contributed by atoms with E-state index in [1.54, 1.807) is 11.0 Å². The van der Waals surface area contributed by atoms with Gasteiger partial charge >= 0.3 is 0 Å². The number of nitrogens with one attached hydrogen (secondary N) is 2. The van der Waals surface area contributed by atoms with Crippen LogP contribution in [0.2, 0.25) is 0 Å². The molecule has 7 nitrogen and oxygen atoms in total. The van der Waals surface area contributed by atoms with E-state index in [2.05, 4.69) is 20.7 Å². The smallest absolute Gasteiger partial charge is 0.291 e. The van der Waals surface area contributed by atoms with Crippen molar-refractivity contribution in [1.29, 1.82) is 0 Å². The molecule has 116 valence electrons. The lowest BCUT2D eigenvalue weighted by atomic mass is 10.1. The maximum Gasteiger partial charge on any atom is 0.291 e. The monoisotopic (exact) mass is 293 g/mol. The second kappa shape index (κ2) is 6.53. The van der Waals surface area contributed by atoms with Crippen LogP contribution in [0.3, 0.4) is 0 Å². The molecule has 3 heterocycles. The molecule has 2 aliphatic rings. The van der Waals surface area contributed by atoms with Crippen LogP contribution in [0.25, 0.3) is 0 Å². The molecular formula is C14H23N5O2. The summed E-state index contributed by atoms with van der Waals surface area (Å²) < 4.78 is 7.39. The van der Waals surface area contributed by atoms with E-state index in [4.69, 9.17) is 4.74 Å². The highest BCUT2D eigenvalue weighted by Crippen LogP contribution is 2.16. The molecule has 0 saturated carbocycles. The van der Waals surface area contributed by atoms with Crippen LogP contribution >= 0.6 is 0 Å². The van der Waals surface area contributed by atoms with Crippen molar-refractivity contribution >= 4 is 5.91 Å². The molecule has 7 heteroatoms. The van der Waals surface area contributed by atoms with Crippen LogP contribution in [0.1, 0.15) is 49.3 Å². The minimum atomic E-state index is -0.222. The molecule has 0 aliphatic carbocycles. The molecule has 21 heavy (non-hydrogen) atoms. The van der Waals surface area contributed by atoms with Gasteiger partial charge in [-0.15, -0.1) is 5.10 Å². The van der Waals surface area contributed by atoms with Crippen molar-refractivity contribution in [1.82, 2.24) is 25.4 Å². The summed E-state index contributed by atoms with van der Waals surface area (Å²) in [6.07, 6.45) is 6.03. The van der Waals surface area contributed by atoms with Crippen LogP contribution in [-0.2, 0) is 4.74 Å². The van der Waals surface area contributed by atoms with Gasteiger partial charge < -0.3 is 15.4 Å². The molecule has 2 N–H and O–H groups in total. The van der Waals surface area contributed by atoms with Crippen molar-refractivity contribution in [2.24, 2.45) is 0 Å². The van der Waals surface area contributed by atoms with E-state index in [1.807, 2.05) is 6.92 Å². The molecule has 0 radical (unpaired) electrons. The molecule has 3 atom stereocenters. The number of ether oxygens (including phenoxy) is 1. The average Bonchev–Trinajstić information content (AvgIpc) is 3.20. The van der Waals surface area contributed by atoms with Crippen LogP contribution < -0.4 is 10.6 Å². The number of nitrogens with zero attached hydrogens (tertiary/aromatic N) is 3. The Kier molecular flexibility index (Phi) is 4.50. The molecular weight excluding hydrogens is 270 g/mol. The molecule has 2 saturated heterocycles. The highest BCUT2D eigenvalue weighted by molar-refractivity contribution is 5.90. The molecule has 1 aromatic heterocycles. The van der Waals surface area contributed by atoms with Gasteiger partial charge in [0.1, 0.15) is 6.33 Å². The highest BCUT2D eigenvalue weighted by atomic mass is 16.5. The molecule has 0 aromatic carbocycles. The Hall–Kier alpha value is -1.47. The largest absolute Gasteiger partial charge is 0.376 e. The molecule has 1 amide bonds. The van der Waals surface area contributed by atoms with Crippen LogP contribution in [0, 0.1) is 0 Å². The topological polar surface area (TPSA) is 81.1 Å². The molecule has 0 spiro atoms. The van der Waals surface area contributed by atoms with E-state index in [0.29, 0.717) is 6.04 Å². The van der Waals surface area contributed by atoms with Gasteiger partial charge in [-0.25, -0.2) is 9.67 Å². The summed E-state index contributed by atoms with van der Waals surface area (Å²) in [7, 11) is 0. The quantitative estimate of drug-likeness (QED) is 0.845. The van der Waals surface area contributed by atoms with Crippen molar-refractivity contribution in [3.63, 3.8) is 0 Å². The van der Waals surface area contributed by atoms with Gasteiger partial charge in [-0.3, -0.25) is 4.79 Å². The standard InChI is InChI=1S/C14H23N5O2/c1-10(12-5-3-7-21-12)17-14(20)13-16-9-19(18-13)11-4-2-6-15-8-11/h9-12,15H,2-8H2,1H3,(H,17,20)/t10-,11+,12+/m0/s1. The van der Waals surface area contributed by atoms with Gasteiger partial charge in [0.05, 0.1) is 18.2 Å². The zero-order chi connectivity index (χ0) is 14.7. The normalized spacial score (nSPS) is 27.5. The summed E-state index contributed by atoms with van der Waals surface area (Å²) in [6, 6.07) is 0.284. The van der Waals surface area contributed by atoms with Gasteiger partial charge in [-0.05, 0) is 39.2 Å². The third kappa shape index (κ3) is 3.41. The van der Waals surface area contributed by atoms with Gasteiger partial charge in [0, 0.05) is 13.2 Å². The Morgan fingerprint density at radius 2 is 2.43 bits per heavy atom. The minimum Gasteiger partial charge on any atom is -0.376 e. The van der Waals surface area contributed by atoms with Crippen LogP contribution in [0.4, 0.5) is 0 Å². The first-order valence-corrected chi connectivity index (χ1v) is 7.78. The summed E-state index contributed by atoms with van der Waals surface area (Å²) in [5, 5.41) is 10.6. The molecule has 1 aromatic rings. The van der Waals surface area contributed by atoms with Gasteiger partial charge in [-0.1, -0.05) is 0 Å². The molecule has 0 bridgehead atoms. The summed E-state index contributed by atoms with van der Waals surface area (Å²) in [5.41, 5.74) is 0. The lowest BCUT2D eigenvalue weighted by Crippen LogP contribution is -2.41. The Balaban J connectivity index is 1.58. The Morgan fingerprint density at radius 1 is 1.52 bits per heavy atom. The van der Waals surface area contributed by atoms with Crippen LogP contribution in [0.15, 0.2) is 6.33 Å². The fraction of sp³-hybridized carbons (Fsp3) is 0.786. The summed E-state index contributed by atoms with van der Waals surface area (Å²) in [6.45, 7) is 4.69. The second-order valence-corrected chi connectivity index (χ2v) is 5.86. The third-order valence-electron chi connectivity index (χ3n) is 4.24. The fourth-order valence-corrected chi connectivity index (χ4v) is 2.98. The second-order valence-electron chi connectivity index (χ2n) is 5.86. The van der Waals surface area contributed by atoms with E-state index in [-0.39, 0.29) is 23.9 Å². The Bertz CT molecular complexity index is 477. The number of amides is 1. The SMILES string of the molecule is C[C@H](NC(=O)c1ncn([C@@H]2CCCNC2)n1)[C@H]1CCCO1. The van der Waals surface area contributed by atoms with E-state index >= 15 is 0 Å². The Labute approximate surface area is 124 Å². The van der Waals surface area contributed by atoms with Crippen molar-refractivity contribution in [3.05, 3.63) is 12.2 Å². The van der Waals surface area contributed by atoms with Gasteiger partial charge in [0.2, 0.25) is 5.82 Å². The highest BCUT2D eigenvalue weighted by Gasteiger charge is 2.25.